The second-order valence-corrected chi connectivity index (χ2v) is 4.26. The lowest BCUT2D eigenvalue weighted by Crippen LogP contribution is -2.47. The lowest BCUT2D eigenvalue weighted by Gasteiger charge is -2.35. The molecule has 3 aliphatic rings. The van der Waals surface area contributed by atoms with E-state index >= 15 is 0 Å². The van der Waals surface area contributed by atoms with Gasteiger partial charge in [0.25, 0.3) is 0 Å². The molecule has 0 amide bonds. The lowest BCUT2D eigenvalue weighted by atomic mass is 9.89. The second-order valence-electron chi connectivity index (χ2n) is 4.26. The number of ether oxygens (including phenoxy) is 1. The summed E-state index contributed by atoms with van der Waals surface area (Å²) >= 11 is 0. The Balaban J connectivity index is 0.000000563. The van der Waals surface area contributed by atoms with Crippen LogP contribution in [0.4, 0.5) is 0 Å². The number of halogens is 1. The highest BCUT2D eigenvalue weighted by Crippen LogP contribution is 2.56. The number of hydrogen-bond donors (Lipinski definition) is 1. The van der Waals surface area contributed by atoms with Crippen molar-refractivity contribution in [2.24, 2.45) is 11.8 Å². The highest BCUT2D eigenvalue weighted by molar-refractivity contribution is 5.85. The smallest absolute Gasteiger partial charge is 0.0838 e. The maximum Gasteiger partial charge on any atom is 0.0838 e. The van der Waals surface area contributed by atoms with Crippen molar-refractivity contribution >= 4 is 12.4 Å². The lowest BCUT2D eigenvalue weighted by molar-refractivity contribution is -0.0406. The van der Waals surface area contributed by atoms with Gasteiger partial charge in [0.1, 0.15) is 0 Å². The van der Waals surface area contributed by atoms with Gasteiger partial charge in [0.15, 0.2) is 0 Å². The first kappa shape index (κ1) is 8.79. The Morgan fingerprint density at radius 3 is 2.83 bits per heavy atom. The van der Waals surface area contributed by atoms with Gasteiger partial charge < -0.3 is 10.1 Å². The molecule has 2 heterocycles. The first-order chi connectivity index (χ1) is 5.41. The van der Waals surface area contributed by atoms with Crippen molar-refractivity contribution in [3.63, 3.8) is 0 Å². The molecular formula is C9H16ClNO. The summed E-state index contributed by atoms with van der Waals surface area (Å²) < 4.78 is 5.88. The molecule has 3 fully saturated rings. The van der Waals surface area contributed by atoms with Gasteiger partial charge in [-0.15, -0.1) is 12.4 Å². The van der Waals surface area contributed by atoms with E-state index in [0.29, 0.717) is 5.60 Å². The van der Waals surface area contributed by atoms with E-state index in [1.807, 2.05) is 0 Å². The van der Waals surface area contributed by atoms with E-state index in [-0.39, 0.29) is 12.4 Å². The molecule has 70 valence electrons. The number of hydrogen-bond acceptors (Lipinski definition) is 2. The van der Waals surface area contributed by atoms with Crippen LogP contribution in [0.5, 0.6) is 0 Å². The van der Waals surface area contributed by atoms with Crippen LogP contribution in [0.1, 0.15) is 19.3 Å². The Labute approximate surface area is 79.5 Å². The molecule has 12 heavy (non-hydrogen) atoms. The van der Waals surface area contributed by atoms with Gasteiger partial charge in [-0.1, -0.05) is 0 Å². The minimum absolute atomic E-state index is 0. The minimum atomic E-state index is 0. The molecule has 1 saturated carbocycles. The van der Waals surface area contributed by atoms with E-state index in [9.17, 15) is 0 Å². The predicted molar refractivity (Wildman–Crippen MR) is 49.6 cm³/mol. The van der Waals surface area contributed by atoms with Crippen molar-refractivity contribution in [1.29, 1.82) is 0 Å². The summed E-state index contributed by atoms with van der Waals surface area (Å²) in [5.74, 6) is 1.87. The van der Waals surface area contributed by atoms with Gasteiger partial charge in [-0.2, -0.15) is 0 Å². The van der Waals surface area contributed by atoms with Crippen LogP contribution in [0.25, 0.3) is 0 Å². The zero-order valence-electron chi connectivity index (χ0n) is 7.21. The van der Waals surface area contributed by atoms with Gasteiger partial charge in [0.2, 0.25) is 0 Å². The maximum absolute atomic E-state index is 5.88. The summed E-state index contributed by atoms with van der Waals surface area (Å²) in [6, 6.07) is 0. The van der Waals surface area contributed by atoms with Crippen LogP contribution in [0.3, 0.4) is 0 Å². The van der Waals surface area contributed by atoms with Crippen LogP contribution < -0.4 is 5.32 Å². The molecule has 1 N–H and O–H groups in total. The van der Waals surface area contributed by atoms with Gasteiger partial charge >= 0.3 is 0 Å². The average molecular weight is 190 g/mol. The van der Waals surface area contributed by atoms with E-state index in [4.69, 9.17) is 4.74 Å². The Bertz CT molecular complexity index is 179. The topological polar surface area (TPSA) is 21.3 Å². The molecule has 1 unspecified atom stereocenters. The SMILES string of the molecule is C1CNCC2(C1)OC[C@H]1C[C@H]12.Cl. The van der Waals surface area contributed by atoms with Crippen molar-refractivity contribution in [2.45, 2.75) is 24.9 Å². The Kier molecular flexibility index (Phi) is 2.10. The number of rotatable bonds is 0. The summed E-state index contributed by atoms with van der Waals surface area (Å²) in [6.07, 6.45) is 4.06. The van der Waals surface area contributed by atoms with E-state index in [2.05, 4.69) is 5.32 Å². The van der Waals surface area contributed by atoms with Gasteiger partial charge in [0.05, 0.1) is 12.2 Å². The molecule has 2 nitrogen and oxygen atoms in total. The van der Waals surface area contributed by atoms with Crippen LogP contribution >= 0.6 is 12.4 Å². The van der Waals surface area contributed by atoms with Crippen molar-refractivity contribution < 1.29 is 4.74 Å². The second kappa shape index (κ2) is 2.86. The molecule has 3 atom stereocenters. The predicted octanol–water partition coefficient (Wildman–Crippen LogP) is 1.20. The van der Waals surface area contributed by atoms with Crippen LogP contribution in [0.2, 0.25) is 0 Å². The van der Waals surface area contributed by atoms with Crippen molar-refractivity contribution in [3.05, 3.63) is 0 Å². The van der Waals surface area contributed by atoms with E-state index in [0.717, 1.165) is 25.0 Å². The van der Waals surface area contributed by atoms with Gasteiger partial charge in [-0.05, 0) is 37.6 Å². The monoisotopic (exact) mass is 189 g/mol. The quantitative estimate of drug-likeness (QED) is 0.619. The summed E-state index contributed by atoms with van der Waals surface area (Å²) in [6.45, 7) is 3.36. The normalized spacial score (nSPS) is 50.0. The summed E-state index contributed by atoms with van der Waals surface area (Å²) in [5.41, 5.74) is 0.295. The first-order valence-corrected chi connectivity index (χ1v) is 4.75. The molecule has 2 saturated heterocycles. The third kappa shape index (κ3) is 1.09. The Morgan fingerprint density at radius 2 is 2.33 bits per heavy atom. The molecule has 1 spiro atoms. The zero-order valence-corrected chi connectivity index (χ0v) is 8.03. The molecular weight excluding hydrogens is 174 g/mol. The van der Waals surface area contributed by atoms with Crippen LogP contribution in [-0.4, -0.2) is 25.3 Å². The Hall–Kier alpha value is 0.210. The summed E-state index contributed by atoms with van der Waals surface area (Å²) in [5, 5.41) is 3.45. The van der Waals surface area contributed by atoms with E-state index in [1.165, 1.54) is 25.8 Å². The summed E-state index contributed by atoms with van der Waals surface area (Å²) in [7, 11) is 0. The molecule has 2 aliphatic heterocycles. The van der Waals surface area contributed by atoms with Gasteiger partial charge in [-0.3, -0.25) is 0 Å². The molecule has 3 heteroatoms. The summed E-state index contributed by atoms with van der Waals surface area (Å²) in [4.78, 5) is 0. The first-order valence-electron chi connectivity index (χ1n) is 4.75. The highest BCUT2D eigenvalue weighted by Gasteiger charge is 2.59. The molecule has 0 bridgehead atoms. The highest BCUT2D eigenvalue weighted by atomic mass is 35.5. The van der Waals surface area contributed by atoms with E-state index in [1.54, 1.807) is 0 Å². The molecule has 0 radical (unpaired) electrons. The standard InChI is InChI=1S/C9H15NO.ClH/c1-2-9(6-10-3-1)8-4-7(8)5-11-9;/h7-8,10H,1-6H2;1H/t7-,8-,9?;/m1./s1. The largest absolute Gasteiger partial charge is 0.373 e. The van der Waals surface area contributed by atoms with Crippen LogP contribution in [-0.2, 0) is 4.74 Å². The van der Waals surface area contributed by atoms with Gasteiger partial charge in [0, 0.05) is 6.54 Å². The molecule has 3 rings (SSSR count). The van der Waals surface area contributed by atoms with Crippen molar-refractivity contribution in [1.82, 2.24) is 5.32 Å². The molecule has 0 aromatic heterocycles. The fourth-order valence-electron chi connectivity index (χ4n) is 2.80. The van der Waals surface area contributed by atoms with Crippen LogP contribution in [0.15, 0.2) is 0 Å². The Morgan fingerprint density at radius 1 is 1.42 bits per heavy atom. The van der Waals surface area contributed by atoms with E-state index < -0.39 is 0 Å². The fraction of sp³-hybridized carbons (Fsp3) is 1.00. The molecule has 0 aromatic rings. The molecule has 1 aliphatic carbocycles. The number of fused-ring (bicyclic) bond motifs is 2. The number of piperidine rings is 1. The van der Waals surface area contributed by atoms with Gasteiger partial charge in [-0.25, -0.2) is 0 Å². The minimum Gasteiger partial charge on any atom is -0.373 e. The zero-order chi connectivity index (χ0) is 7.31. The third-order valence-electron chi connectivity index (χ3n) is 3.56. The fourth-order valence-corrected chi connectivity index (χ4v) is 2.80. The molecule has 0 aromatic carbocycles. The van der Waals surface area contributed by atoms with Crippen molar-refractivity contribution in [2.75, 3.05) is 19.7 Å². The average Bonchev–Trinajstić information content (AvgIpc) is 2.77. The number of nitrogens with one attached hydrogen (secondary N) is 1. The van der Waals surface area contributed by atoms with Crippen molar-refractivity contribution in [3.8, 4) is 0 Å². The maximum atomic E-state index is 5.88. The van der Waals surface area contributed by atoms with Crippen LogP contribution in [0, 0.1) is 11.8 Å². The third-order valence-corrected chi connectivity index (χ3v) is 3.56.